The lowest BCUT2D eigenvalue weighted by Gasteiger charge is -2.34. The second-order valence-electron chi connectivity index (χ2n) is 10.1. The molecule has 0 spiro atoms. The third-order valence-electron chi connectivity index (χ3n) is 7.39. The summed E-state index contributed by atoms with van der Waals surface area (Å²) >= 11 is 0. The number of hydrogen-bond donors (Lipinski definition) is 2. The van der Waals surface area contributed by atoms with E-state index in [-0.39, 0.29) is 36.6 Å². The zero-order valence-electron chi connectivity index (χ0n) is 21.7. The van der Waals surface area contributed by atoms with Crippen LogP contribution < -0.4 is 11.2 Å². The molecule has 13 heteroatoms. The van der Waals surface area contributed by atoms with E-state index in [1.54, 1.807) is 32.5 Å². The molecule has 13 nitrogen and oxygen atoms in total. The van der Waals surface area contributed by atoms with Gasteiger partial charge in [0.05, 0.1) is 48.0 Å². The standard InChI is InChI=1S/C25H31N7O6/c1-25(37)10-16(33)11-31(22(34)15-5-6-18-17(9-15)26-13-30(18)7-8-38-4)12-19(25)32-14-27-21-20(32)23(35)29(3)24(36)28(21)2/h5-6,9,13-14,16,19,33,37H,7-8,10-12H2,1-4H3/t16-,19+,25+/m0/s1. The first kappa shape index (κ1) is 25.8. The van der Waals surface area contributed by atoms with Crippen LogP contribution in [0.15, 0.2) is 40.4 Å². The summed E-state index contributed by atoms with van der Waals surface area (Å²) < 4.78 is 10.8. The van der Waals surface area contributed by atoms with Crippen molar-refractivity contribution >= 4 is 28.1 Å². The number of carbonyl (C=O) groups excluding carboxylic acids is 1. The van der Waals surface area contributed by atoms with Crippen molar-refractivity contribution in [3.63, 3.8) is 0 Å². The summed E-state index contributed by atoms with van der Waals surface area (Å²) in [6.45, 7) is 2.71. The number of β-amino-alcohol motifs (C(OH)–C–C–N with tert-alkyl or cyclic N) is 1. The minimum absolute atomic E-state index is 0.000660. The largest absolute Gasteiger partial charge is 0.391 e. The molecule has 3 atom stereocenters. The number of rotatable bonds is 5. The lowest BCUT2D eigenvalue weighted by atomic mass is 9.91. The number of fused-ring (bicyclic) bond motifs is 2. The van der Waals surface area contributed by atoms with Crippen molar-refractivity contribution in [1.82, 2.24) is 33.1 Å². The molecule has 1 fully saturated rings. The number of imidazole rings is 2. The molecule has 1 aliphatic heterocycles. The van der Waals surface area contributed by atoms with E-state index in [2.05, 4.69) is 9.97 Å². The molecular weight excluding hydrogens is 494 g/mol. The van der Waals surface area contributed by atoms with Crippen molar-refractivity contribution in [3.8, 4) is 0 Å². The SMILES string of the molecule is COCCn1cnc2cc(C(=O)N3C[C@@H](O)C[C@@](C)(O)[C@H](n4cnc5c4c(=O)n(C)c(=O)n5C)C3)ccc21. The highest BCUT2D eigenvalue weighted by atomic mass is 16.5. The number of carbonyl (C=O) groups is 1. The summed E-state index contributed by atoms with van der Waals surface area (Å²) in [5, 5.41) is 22.2. The summed E-state index contributed by atoms with van der Waals surface area (Å²) in [7, 11) is 4.51. The predicted octanol–water partition coefficient (Wildman–Crippen LogP) is -0.371. The summed E-state index contributed by atoms with van der Waals surface area (Å²) in [4.78, 5) is 49.3. The molecule has 0 bridgehead atoms. The van der Waals surface area contributed by atoms with Gasteiger partial charge in [-0.25, -0.2) is 14.8 Å². The van der Waals surface area contributed by atoms with Gasteiger partial charge in [0.25, 0.3) is 11.5 Å². The first-order valence-corrected chi connectivity index (χ1v) is 12.3. The van der Waals surface area contributed by atoms with Crippen LogP contribution >= 0.6 is 0 Å². The highest BCUT2D eigenvalue weighted by molar-refractivity contribution is 5.97. The fraction of sp³-hybridized carbons (Fsp3) is 0.480. The van der Waals surface area contributed by atoms with Gasteiger partial charge < -0.3 is 29.0 Å². The molecule has 4 aromatic rings. The van der Waals surface area contributed by atoms with Gasteiger partial charge in [0, 0.05) is 52.8 Å². The second kappa shape index (κ2) is 9.49. The Hall–Kier alpha value is -3.81. The van der Waals surface area contributed by atoms with Gasteiger partial charge in [-0.3, -0.25) is 18.7 Å². The van der Waals surface area contributed by atoms with Crippen LogP contribution in [0, 0.1) is 0 Å². The zero-order valence-corrected chi connectivity index (χ0v) is 21.7. The van der Waals surface area contributed by atoms with Gasteiger partial charge in [-0.2, -0.15) is 0 Å². The van der Waals surface area contributed by atoms with Gasteiger partial charge in [0.2, 0.25) is 0 Å². The predicted molar refractivity (Wildman–Crippen MR) is 138 cm³/mol. The molecule has 3 aromatic heterocycles. The van der Waals surface area contributed by atoms with E-state index in [4.69, 9.17) is 4.74 Å². The van der Waals surface area contributed by atoms with E-state index >= 15 is 0 Å². The molecule has 202 valence electrons. The Bertz CT molecular complexity index is 1650. The van der Waals surface area contributed by atoms with E-state index < -0.39 is 29.0 Å². The van der Waals surface area contributed by atoms with E-state index in [1.165, 1.54) is 34.5 Å². The average molecular weight is 526 g/mol. The third kappa shape index (κ3) is 4.22. The molecule has 0 saturated carbocycles. The highest BCUT2D eigenvalue weighted by Gasteiger charge is 2.42. The van der Waals surface area contributed by atoms with Crippen molar-refractivity contribution in [3.05, 3.63) is 57.3 Å². The first-order chi connectivity index (χ1) is 18.0. The van der Waals surface area contributed by atoms with Crippen LogP contribution in [-0.2, 0) is 25.4 Å². The topological polar surface area (TPSA) is 150 Å². The Morgan fingerprint density at radius 3 is 2.66 bits per heavy atom. The van der Waals surface area contributed by atoms with Crippen molar-refractivity contribution < 1.29 is 19.7 Å². The molecule has 38 heavy (non-hydrogen) atoms. The van der Waals surface area contributed by atoms with E-state index in [0.717, 1.165) is 10.1 Å². The Labute approximate surface area is 217 Å². The molecule has 0 radical (unpaired) electrons. The van der Waals surface area contributed by atoms with Gasteiger partial charge >= 0.3 is 5.69 Å². The monoisotopic (exact) mass is 525 g/mol. The van der Waals surface area contributed by atoms with Crippen molar-refractivity contribution in [2.45, 2.75) is 37.6 Å². The summed E-state index contributed by atoms with van der Waals surface area (Å²) in [6, 6.07) is 4.40. The summed E-state index contributed by atoms with van der Waals surface area (Å²) in [6.07, 6.45) is 2.05. The summed E-state index contributed by atoms with van der Waals surface area (Å²) in [5.74, 6) is -0.343. The molecule has 1 amide bonds. The van der Waals surface area contributed by atoms with Crippen LogP contribution in [0.1, 0.15) is 29.7 Å². The van der Waals surface area contributed by atoms with Crippen LogP contribution in [0.25, 0.3) is 22.2 Å². The molecule has 1 aromatic carbocycles. The highest BCUT2D eigenvalue weighted by Crippen LogP contribution is 2.33. The number of methoxy groups -OCH3 is 1. The lowest BCUT2D eigenvalue weighted by molar-refractivity contribution is -0.0216. The molecule has 0 unspecified atom stereocenters. The van der Waals surface area contributed by atoms with E-state index in [0.29, 0.717) is 24.2 Å². The maximum atomic E-state index is 13.7. The van der Waals surface area contributed by atoms with Crippen molar-refractivity contribution in [1.29, 1.82) is 0 Å². The first-order valence-electron chi connectivity index (χ1n) is 12.3. The van der Waals surface area contributed by atoms with Crippen LogP contribution in [-0.4, -0.2) is 87.8 Å². The third-order valence-corrected chi connectivity index (χ3v) is 7.39. The van der Waals surface area contributed by atoms with Gasteiger partial charge in [0.1, 0.15) is 0 Å². The van der Waals surface area contributed by atoms with Crippen LogP contribution in [0.3, 0.4) is 0 Å². The number of hydrogen-bond acceptors (Lipinski definition) is 8. The molecule has 1 aliphatic rings. The molecule has 2 N–H and O–H groups in total. The Balaban J connectivity index is 1.54. The van der Waals surface area contributed by atoms with Gasteiger partial charge in [-0.1, -0.05) is 0 Å². The van der Waals surface area contributed by atoms with E-state index in [9.17, 15) is 24.6 Å². The Kier molecular flexibility index (Phi) is 6.45. The molecule has 4 heterocycles. The number of amides is 1. The molecule has 5 rings (SSSR count). The normalized spacial score (nSPS) is 22.3. The van der Waals surface area contributed by atoms with Crippen molar-refractivity contribution in [2.24, 2.45) is 14.1 Å². The van der Waals surface area contributed by atoms with Gasteiger partial charge in [-0.05, 0) is 25.1 Å². The number of aliphatic hydroxyl groups is 2. The zero-order chi connectivity index (χ0) is 27.4. The Morgan fingerprint density at radius 1 is 1.16 bits per heavy atom. The average Bonchev–Trinajstić information content (AvgIpc) is 3.47. The van der Waals surface area contributed by atoms with Gasteiger partial charge in [0.15, 0.2) is 11.2 Å². The number of aryl methyl sites for hydroxylation is 1. The van der Waals surface area contributed by atoms with Crippen LogP contribution in [0.4, 0.5) is 0 Å². The molecular formula is C25H31N7O6. The molecule has 1 saturated heterocycles. The fourth-order valence-corrected chi connectivity index (χ4v) is 5.31. The number of benzene rings is 1. The second-order valence-corrected chi connectivity index (χ2v) is 10.1. The molecule has 0 aliphatic carbocycles. The van der Waals surface area contributed by atoms with Crippen LogP contribution in [0.2, 0.25) is 0 Å². The minimum atomic E-state index is -1.49. The number of ether oxygens (including phenoxy) is 1. The Morgan fingerprint density at radius 2 is 1.92 bits per heavy atom. The lowest BCUT2D eigenvalue weighted by Crippen LogP contribution is -2.44. The number of aliphatic hydroxyl groups excluding tert-OH is 1. The number of nitrogens with zero attached hydrogens (tertiary/aromatic N) is 7. The number of aromatic nitrogens is 6. The van der Waals surface area contributed by atoms with Crippen molar-refractivity contribution in [2.75, 3.05) is 26.8 Å². The number of likely N-dealkylation sites (tertiary alicyclic amines) is 1. The summed E-state index contributed by atoms with van der Waals surface area (Å²) in [5.41, 5.74) is -0.376. The minimum Gasteiger partial charge on any atom is -0.391 e. The fourth-order valence-electron chi connectivity index (χ4n) is 5.31. The maximum absolute atomic E-state index is 13.7. The van der Waals surface area contributed by atoms with Crippen LogP contribution in [0.5, 0.6) is 0 Å². The smallest absolute Gasteiger partial charge is 0.332 e. The maximum Gasteiger partial charge on any atom is 0.332 e. The van der Waals surface area contributed by atoms with Gasteiger partial charge in [-0.15, -0.1) is 0 Å². The quantitative estimate of drug-likeness (QED) is 0.358. The van der Waals surface area contributed by atoms with E-state index in [1.807, 2.05) is 10.6 Å².